The highest BCUT2D eigenvalue weighted by Gasteiger charge is 2.27. The second-order valence-electron chi connectivity index (χ2n) is 5.19. The number of rotatable bonds is 5. The van der Waals surface area contributed by atoms with Crippen LogP contribution >= 0.6 is 11.8 Å². The van der Waals surface area contributed by atoms with Gasteiger partial charge in [-0.25, -0.2) is 0 Å². The van der Waals surface area contributed by atoms with Crippen LogP contribution < -0.4 is 15.8 Å². The van der Waals surface area contributed by atoms with E-state index in [1.807, 2.05) is 18.2 Å². The first kappa shape index (κ1) is 15.4. The summed E-state index contributed by atoms with van der Waals surface area (Å²) in [4.78, 5) is 24.2. The van der Waals surface area contributed by atoms with Gasteiger partial charge in [-0.05, 0) is 42.3 Å². The third kappa shape index (κ3) is 3.84. The number of nitrogens with one attached hydrogen (secondary N) is 1. The van der Waals surface area contributed by atoms with Gasteiger partial charge in [-0.2, -0.15) is 0 Å². The Balaban J connectivity index is 1.57. The summed E-state index contributed by atoms with van der Waals surface area (Å²) in [5, 5.41) is 2.79. The van der Waals surface area contributed by atoms with E-state index in [1.165, 1.54) is 10.5 Å². The van der Waals surface area contributed by atoms with Crippen molar-refractivity contribution in [2.45, 2.75) is 16.6 Å². The molecule has 5 nitrogen and oxygen atoms in total. The normalized spacial score (nSPS) is 15.7. The van der Waals surface area contributed by atoms with Crippen LogP contribution in [0, 0.1) is 0 Å². The second-order valence-corrected chi connectivity index (χ2v) is 6.43. The standard InChI is InChI=1S/C17H16N2O3S/c18-16(20)10-22-13-7-5-12(6-8-13)19-17(21)15-9-11-3-1-2-4-14(11)23-15/h1-8,15H,9-10H2,(H2,18,20)(H,19,21). The van der Waals surface area contributed by atoms with Gasteiger partial charge in [0.2, 0.25) is 5.91 Å². The van der Waals surface area contributed by atoms with Crippen LogP contribution in [-0.4, -0.2) is 23.7 Å². The van der Waals surface area contributed by atoms with E-state index in [4.69, 9.17) is 10.5 Å². The maximum absolute atomic E-state index is 12.4. The van der Waals surface area contributed by atoms with Crippen molar-refractivity contribution in [3.8, 4) is 5.75 Å². The summed E-state index contributed by atoms with van der Waals surface area (Å²) in [6.07, 6.45) is 0.743. The highest BCUT2D eigenvalue weighted by molar-refractivity contribution is 8.01. The van der Waals surface area contributed by atoms with Crippen molar-refractivity contribution >= 4 is 29.3 Å². The minimum absolute atomic E-state index is 0.0167. The van der Waals surface area contributed by atoms with Gasteiger partial charge in [0, 0.05) is 10.6 Å². The lowest BCUT2D eigenvalue weighted by Crippen LogP contribution is -2.24. The zero-order valence-corrected chi connectivity index (χ0v) is 13.1. The maximum atomic E-state index is 12.4. The highest BCUT2D eigenvalue weighted by Crippen LogP contribution is 2.37. The van der Waals surface area contributed by atoms with E-state index in [2.05, 4.69) is 11.4 Å². The molecule has 0 radical (unpaired) electrons. The Kier molecular flexibility index (Phi) is 4.52. The Labute approximate surface area is 138 Å². The van der Waals surface area contributed by atoms with Gasteiger partial charge in [0.05, 0.1) is 5.25 Å². The third-order valence-electron chi connectivity index (χ3n) is 3.44. The molecule has 2 amide bonds. The number of hydrogen-bond acceptors (Lipinski definition) is 4. The summed E-state index contributed by atoms with van der Waals surface area (Å²) in [7, 11) is 0. The number of nitrogens with two attached hydrogens (primary N) is 1. The number of thioether (sulfide) groups is 1. The molecule has 1 aliphatic heterocycles. The van der Waals surface area contributed by atoms with Gasteiger partial charge in [-0.1, -0.05) is 18.2 Å². The molecule has 0 fully saturated rings. The molecule has 2 aromatic rings. The van der Waals surface area contributed by atoms with Crippen LogP contribution in [0.2, 0.25) is 0 Å². The lowest BCUT2D eigenvalue weighted by molar-refractivity contribution is -0.120. The lowest BCUT2D eigenvalue weighted by atomic mass is 10.1. The molecule has 1 aliphatic rings. The average Bonchev–Trinajstić information content (AvgIpc) is 2.98. The monoisotopic (exact) mass is 328 g/mol. The number of hydrogen-bond donors (Lipinski definition) is 2. The Morgan fingerprint density at radius 1 is 1.17 bits per heavy atom. The van der Waals surface area contributed by atoms with E-state index in [0.717, 1.165) is 6.42 Å². The third-order valence-corrected chi connectivity index (χ3v) is 4.76. The SMILES string of the molecule is NC(=O)COc1ccc(NC(=O)C2Cc3ccccc3S2)cc1. The maximum Gasteiger partial charge on any atom is 0.255 e. The number of amides is 2. The van der Waals surface area contributed by atoms with Crippen LogP contribution in [0.4, 0.5) is 5.69 Å². The molecule has 1 unspecified atom stereocenters. The molecule has 2 aromatic carbocycles. The predicted octanol–water partition coefficient (Wildman–Crippen LogP) is 2.21. The molecule has 1 heterocycles. The van der Waals surface area contributed by atoms with Gasteiger partial charge < -0.3 is 15.8 Å². The minimum Gasteiger partial charge on any atom is -0.484 e. The highest BCUT2D eigenvalue weighted by atomic mass is 32.2. The van der Waals surface area contributed by atoms with Crippen molar-refractivity contribution < 1.29 is 14.3 Å². The Morgan fingerprint density at radius 2 is 1.91 bits per heavy atom. The molecule has 0 aromatic heterocycles. The van der Waals surface area contributed by atoms with Crippen molar-refractivity contribution in [3.05, 3.63) is 54.1 Å². The van der Waals surface area contributed by atoms with E-state index in [0.29, 0.717) is 11.4 Å². The van der Waals surface area contributed by atoms with Crippen molar-refractivity contribution in [1.82, 2.24) is 0 Å². The summed E-state index contributed by atoms with van der Waals surface area (Å²) in [6.45, 7) is -0.164. The molecular weight excluding hydrogens is 312 g/mol. The molecule has 0 saturated carbocycles. The van der Waals surface area contributed by atoms with Gasteiger partial charge in [-0.15, -0.1) is 11.8 Å². The smallest absolute Gasteiger partial charge is 0.255 e. The molecule has 3 rings (SSSR count). The number of carbonyl (C=O) groups is 2. The summed E-state index contributed by atoms with van der Waals surface area (Å²) < 4.78 is 5.18. The average molecular weight is 328 g/mol. The van der Waals surface area contributed by atoms with E-state index in [-0.39, 0.29) is 17.8 Å². The number of anilines is 1. The summed E-state index contributed by atoms with van der Waals surface area (Å²) >= 11 is 1.59. The first-order valence-corrected chi connectivity index (χ1v) is 8.06. The van der Waals surface area contributed by atoms with E-state index in [9.17, 15) is 9.59 Å². The Morgan fingerprint density at radius 3 is 2.61 bits per heavy atom. The van der Waals surface area contributed by atoms with Crippen molar-refractivity contribution in [2.75, 3.05) is 11.9 Å². The minimum atomic E-state index is -0.528. The molecule has 0 spiro atoms. The van der Waals surface area contributed by atoms with Crippen LogP contribution in [0.5, 0.6) is 5.75 Å². The molecule has 6 heteroatoms. The van der Waals surface area contributed by atoms with Crippen LogP contribution in [0.25, 0.3) is 0 Å². The van der Waals surface area contributed by atoms with E-state index in [1.54, 1.807) is 36.0 Å². The molecule has 118 valence electrons. The summed E-state index contributed by atoms with van der Waals surface area (Å²) in [6, 6.07) is 14.9. The van der Waals surface area contributed by atoms with E-state index >= 15 is 0 Å². The van der Waals surface area contributed by atoms with Gasteiger partial charge >= 0.3 is 0 Å². The van der Waals surface area contributed by atoms with Crippen LogP contribution in [-0.2, 0) is 16.0 Å². The fourth-order valence-corrected chi connectivity index (χ4v) is 3.54. The van der Waals surface area contributed by atoms with Crippen LogP contribution in [0.15, 0.2) is 53.4 Å². The predicted molar refractivity (Wildman–Crippen MR) is 89.6 cm³/mol. The van der Waals surface area contributed by atoms with E-state index < -0.39 is 5.91 Å². The number of fused-ring (bicyclic) bond motifs is 1. The summed E-state index contributed by atoms with van der Waals surface area (Å²) in [5.74, 6) is -0.0124. The molecular formula is C17H16N2O3S. The topological polar surface area (TPSA) is 81.4 Å². The van der Waals surface area contributed by atoms with Gasteiger partial charge in [-0.3, -0.25) is 9.59 Å². The van der Waals surface area contributed by atoms with Crippen LogP contribution in [0.1, 0.15) is 5.56 Å². The molecule has 23 heavy (non-hydrogen) atoms. The van der Waals surface area contributed by atoms with Gasteiger partial charge in [0.15, 0.2) is 6.61 Å². The first-order chi connectivity index (χ1) is 11.1. The quantitative estimate of drug-likeness (QED) is 0.882. The Bertz CT molecular complexity index is 706. The molecule has 0 aliphatic carbocycles. The fraction of sp³-hybridized carbons (Fsp3) is 0.176. The first-order valence-electron chi connectivity index (χ1n) is 7.18. The molecule has 0 bridgehead atoms. The van der Waals surface area contributed by atoms with Crippen molar-refractivity contribution in [1.29, 1.82) is 0 Å². The fourth-order valence-electron chi connectivity index (χ4n) is 2.34. The van der Waals surface area contributed by atoms with Gasteiger partial charge in [0.25, 0.3) is 5.91 Å². The Hall–Kier alpha value is -2.47. The van der Waals surface area contributed by atoms with Crippen LogP contribution in [0.3, 0.4) is 0 Å². The molecule has 0 saturated heterocycles. The second kappa shape index (κ2) is 6.75. The zero-order valence-electron chi connectivity index (χ0n) is 12.3. The summed E-state index contributed by atoms with van der Waals surface area (Å²) in [5.41, 5.74) is 6.93. The zero-order chi connectivity index (χ0) is 16.2. The van der Waals surface area contributed by atoms with Crippen molar-refractivity contribution in [2.24, 2.45) is 5.73 Å². The van der Waals surface area contributed by atoms with Crippen molar-refractivity contribution in [3.63, 3.8) is 0 Å². The van der Waals surface area contributed by atoms with Gasteiger partial charge in [0.1, 0.15) is 5.75 Å². The largest absolute Gasteiger partial charge is 0.484 e. The number of primary amides is 1. The molecule has 3 N–H and O–H groups in total. The number of ether oxygens (including phenoxy) is 1. The number of carbonyl (C=O) groups excluding carboxylic acids is 2. The lowest BCUT2D eigenvalue weighted by Gasteiger charge is -2.10. The molecule has 1 atom stereocenters. The number of benzene rings is 2.